The molecule has 0 saturated heterocycles. The van der Waals surface area contributed by atoms with E-state index in [0.717, 1.165) is 12.4 Å². The van der Waals surface area contributed by atoms with Gasteiger partial charge in [0.2, 0.25) is 5.67 Å². The van der Waals surface area contributed by atoms with Gasteiger partial charge in [0, 0.05) is 17.4 Å². The highest BCUT2D eigenvalue weighted by Crippen LogP contribution is 2.66. The fraction of sp³-hybridized carbons (Fsp3) is 0.190. The van der Waals surface area contributed by atoms with Crippen molar-refractivity contribution in [1.29, 1.82) is 0 Å². The minimum Gasteiger partial charge on any atom is -0.479 e. The molecule has 0 amide bonds. The van der Waals surface area contributed by atoms with Gasteiger partial charge < -0.3 is 9.84 Å². The fourth-order valence-electron chi connectivity index (χ4n) is 3.62. The molecule has 3 aromatic rings. The maximum absolute atomic E-state index is 15.2. The first kappa shape index (κ1) is 18.9. The van der Waals surface area contributed by atoms with Gasteiger partial charge in [-0.1, -0.05) is 54.6 Å². The van der Waals surface area contributed by atoms with Gasteiger partial charge in [-0.15, -0.1) is 0 Å². The number of ether oxygens (including phenoxy) is 1. The molecule has 1 saturated carbocycles. The normalized spacial score (nSPS) is 23.0. The van der Waals surface area contributed by atoms with Gasteiger partial charge in [0.25, 0.3) is 0 Å². The molecule has 1 aliphatic rings. The van der Waals surface area contributed by atoms with Crippen LogP contribution in [0.2, 0.25) is 0 Å². The number of nitrogens with zero attached hydrogens (tertiary/aromatic N) is 2. The van der Waals surface area contributed by atoms with E-state index in [-0.39, 0.29) is 11.6 Å². The van der Waals surface area contributed by atoms with E-state index in [1.807, 2.05) is 0 Å². The number of alkyl halides is 3. The van der Waals surface area contributed by atoms with Crippen LogP contribution in [0.5, 0.6) is 5.75 Å². The second-order valence-corrected chi connectivity index (χ2v) is 6.68. The Bertz CT molecular complexity index is 1010. The quantitative estimate of drug-likeness (QED) is 0.663. The number of hydrogen-bond donors (Lipinski definition) is 1. The smallest absolute Gasteiger partial charge is 0.387 e. The molecule has 0 spiro atoms. The maximum Gasteiger partial charge on any atom is 0.387 e. The fourth-order valence-corrected chi connectivity index (χ4v) is 3.62. The van der Waals surface area contributed by atoms with Crippen molar-refractivity contribution in [3.05, 3.63) is 78.1 Å². The molecule has 1 heterocycles. The van der Waals surface area contributed by atoms with Crippen molar-refractivity contribution in [1.82, 2.24) is 9.97 Å². The Labute approximate surface area is 163 Å². The van der Waals surface area contributed by atoms with Crippen LogP contribution in [0.1, 0.15) is 23.0 Å². The van der Waals surface area contributed by atoms with E-state index >= 15 is 4.39 Å². The largest absolute Gasteiger partial charge is 0.479 e. The number of carbonyl (C=O) groups is 1. The first-order valence-corrected chi connectivity index (χ1v) is 8.75. The van der Waals surface area contributed by atoms with Gasteiger partial charge in [0.15, 0.2) is 11.6 Å². The Morgan fingerprint density at radius 1 is 0.966 bits per heavy atom. The first-order chi connectivity index (χ1) is 13.9. The van der Waals surface area contributed by atoms with Gasteiger partial charge in [-0.25, -0.2) is 19.2 Å². The molecule has 3 unspecified atom stereocenters. The van der Waals surface area contributed by atoms with Gasteiger partial charge in [0.05, 0.1) is 12.4 Å². The number of aliphatic carboxylic acids is 1. The molecule has 29 heavy (non-hydrogen) atoms. The molecule has 1 fully saturated rings. The third-order valence-corrected chi connectivity index (χ3v) is 5.00. The monoisotopic (exact) mass is 400 g/mol. The molecule has 0 aliphatic heterocycles. The topological polar surface area (TPSA) is 72.3 Å². The van der Waals surface area contributed by atoms with Crippen molar-refractivity contribution in [2.45, 2.75) is 24.1 Å². The summed E-state index contributed by atoms with van der Waals surface area (Å²) in [6.45, 7) is -2.96. The summed E-state index contributed by atoms with van der Waals surface area (Å²) in [5.41, 5.74) is -0.614. The minimum atomic E-state index is -2.96. The maximum atomic E-state index is 15.2. The third-order valence-electron chi connectivity index (χ3n) is 5.00. The highest BCUT2D eigenvalue weighted by atomic mass is 19.3. The first-order valence-electron chi connectivity index (χ1n) is 8.75. The Hall–Kier alpha value is -3.42. The molecular weight excluding hydrogens is 385 g/mol. The summed E-state index contributed by atoms with van der Waals surface area (Å²) in [5.74, 6) is -2.95. The van der Waals surface area contributed by atoms with Gasteiger partial charge in [-0.3, -0.25) is 0 Å². The number of benzene rings is 2. The molecular formula is C21H15F3N2O3. The number of aromatic nitrogens is 2. The van der Waals surface area contributed by atoms with Gasteiger partial charge in [-0.05, 0) is 11.1 Å². The zero-order valence-electron chi connectivity index (χ0n) is 14.9. The molecule has 0 bridgehead atoms. The van der Waals surface area contributed by atoms with Crippen molar-refractivity contribution < 1.29 is 27.8 Å². The SMILES string of the molecule is O=C(O)C1(F)C(c2ccccc2)C1c1ccc(-c2ncc(OC(F)F)cn2)cc1. The summed E-state index contributed by atoms with van der Waals surface area (Å²) < 4.78 is 43.8. The van der Waals surface area contributed by atoms with Crippen LogP contribution >= 0.6 is 0 Å². The van der Waals surface area contributed by atoms with Gasteiger partial charge in [-0.2, -0.15) is 8.78 Å². The minimum absolute atomic E-state index is 0.160. The van der Waals surface area contributed by atoms with Crippen LogP contribution in [-0.2, 0) is 4.79 Å². The van der Waals surface area contributed by atoms with Crippen LogP contribution in [0.4, 0.5) is 13.2 Å². The molecule has 0 radical (unpaired) electrons. The predicted molar refractivity (Wildman–Crippen MR) is 97.5 cm³/mol. The molecule has 4 rings (SSSR count). The number of carboxylic acids is 1. The van der Waals surface area contributed by atoms with Crippen LogP contribution in [0.3, 0.4) is 0 Å². The van der Waals surface area contributed by atoms with Crippen LogP contribution in [0.15, 0.2) is 67.0 Å². The van der Waals surface area contributed by atoms with E-state index < -0.39 is 30.1 Å². The molecule has 2 aromatic carbocycles. The van der Waals surface area contributed by atoms with E-state index in [0.29, 0.717) is 16.7 Å². The van der Waals surface area contributed by atoms with E-state index in [4.69, 9.17) is 0 Å². The van der Waals surface area contributed by atoms with Gasteiger partial charge in [0.1, 0.15) is 0 Å². The summed E-state index contributed by atoms with van der Waals surface area (Å²) in [5, 5.41) is 9.44. The lowest BCUT2D eigenvalue weighted by Gasteiger charge is -2.06. The Morgan fingerprint density at radius 2 is 1.52 bits per heavy atom. The molecule has 1 aromatic heterocycles. The van der Waals surface area contributed by atoms with Crippen LogP contribution in [0.25, 0.3) is 11.4 Å². The van der Waals surface area contributed by atoms with Crippen molar-refractivity contribution in [3.8, 4) is 17.1 Å². The molecule has 3 atom stereocenters. The van der Waals surface area contributed by atoms with Crippen LogP contribution in [0, 0.1) is 0 Å². The van der Waals surface area contributed by atoms with Crippen molar-refractivity contribution in [2.24, 2.45) is 0 Å². The molecule has 5 nitrogen and oxygen atoms in total. The second-order valence-electron chi connectivity index (χ2n) is 6.68. The summed E-state index contributed by atoms with van der Waals surface area (Å²) >= 11 is 0. The van der Waals surface area contributed by atoms with E-state index in [1.54, 1.807) is 54.6 Å². The summed E-state index contributed by atoms with van der Waals surface area (Å²) in [6.07, 6.45) is 2.26. The number of hydrogen-bond acceptors (Lipinski definition) is 4. The Balaban J connectivity index is 1.58. The molecule has 148 valence electrons. The van der Waals surface area contributed by atoms with Crippen LogP contribution < -0.4 is 4.74 Å². The van der Waals surface area contributed by atoms with Crippen molar-refractivity contribution >= 4 is 5.97 Å². The molecule has 1 aliphatic carbocycles. The summed E-state index contributed by atoms with van der Waals surface area (Å²) in [6, 6.07) is 15.3. The highest BCUT2D eigenvalue weighted by Gasteiger charge is 2.72. The standard InChI is InChI=1S/C21H15F3N2O3/c22-20(23)29-15-10-25-18(26-11-15)14-8-6-13(7-9-14)17-16(21(17,24)19(27)28)12-4-2-1-3-5-12/h1-11,16-17,20H,(H,27,28). The summed E-state index contributed by atoms with van der Waals surface area (Å²) in [7, 11) is 0. The van der Waals surface area contributed by atoms with E-state index in [2.05, 4.69) is 14.7 Å². The molecule has 1 N–H and O–H groups in total. The zero-order chi connectivity index (χ0) is 20.6. The zero-order valence-corrected chi connectivity index (χ0v) is 14.9. The van der Waals surface area contributed by atoms with Crippen molar-refractivity contribution in [3.63, 3.8) is 0 Å². The number of halogens is 3. The number of carboxylic acid groups (broad SMARTS) is 1. The number of rotatable bonds is 6. The average Bonchev–Trinajstić information content (AvgIpc) is 3.36. The van der Waals surface area contributed by atoms with Gasteiger partial charge >= 0.3 is 12.6 Å². The Morgan fingerprint density at radius 3 is 2.03 bits per heavy atom. The molecule has 8 heteroatoms. The summed E-state index contributed by atoms with van der Waals surface area (Å²) in [4.78, 5) is 19.5. The lowest BCUT2D eigenvalue weighted by molar-refractivity contribution is -0.145. The van der Waals surface area contributed by atoms with Crippen molar-refractivity contribution in [2.75, 3.05) is 0 Å². The average molecular weight is 400 g/mol. The lowest BCUT2D eigenvalue weighted by Crippen LogP contribution is -2.19. The van der Waals surface area contributed by atoms with E-state index in [1.165, 1.54) is 0 Å². The highest BCUT2D eigenvalue weighted by molar-refractivity contribution is 5.87. The predicted octanol–water partition coefficient (Wildman–Crippen LogP) is 4.42. The third kappa shape index (κ3) is 3.41. The lowest BCUT2D eigenvalue weighted by atomic mass is 10.0. The van der Waals surface area contributed by atoms with Crippen LogP contribution in [-0.4, -0.2) is 33.3 Å². The Kier molecular flexibility index (Phi) is 4.70. The second kappa shape index (κ2) is 7.20. The van der Waals surface area contributed by atoms with E-state index in [9.17, 15) is 18.7 Å².